The van der Waals surface area contributed by atoms with Gasteiger partial charge in [-0.3, -0.25) is 4.90 Å². The SMILES string of the molecule is C=CCC1C=Cc2cc(OC)ccc2N1C(=O)OCC. The number of fused-ring (bicyclic) bond motifs is 1. The molecular weight excluding hydrogens is 254 g/mol. The Balaban J connectivity index is 2.41. The van der Waals surface area contributed by atoms with E-state index >= 15 is 0 Å². The van der Waals surface area contributed by atoms with Crippen LogP contribution in [0.3, 0.4) is 0 Å². The molecule has 1 amide bonds. The van der Waals surface area contributed by atoms with Gasteiger partial charge in [-0.25, -0.2) is 4.79 Å². The molecule has 1 aromatic rings. The number of nitrogens with zero attached hydrogens (tertiary/aromatic N) is 1. The lowest BCUT2D eigenvalue weighted by Gasteiger charge is -2.32. The fourth-order valence-electron chi connectivity index (χ4n) is 2.27. The molecule has 0 spiro atoms. The number of benzene rings is 1. The van der Waals surface area contributed by atoms with E-state index in [2.05, 4.69) is 6.58 Å². The number of anilines is 1. The minimum absolute atomic E-state index is 0.0626. The van der Waals surface area contributed by atoms with Gasteiger partial charge in [0.25, 0.3) is 0 Å². The highest BCUT2D eigenvalue weighted by Gasteiger charge is 2.28. The number of hydrogen-bond acceptors (Lipinski definition) is 3. The summed E-state index contributed by atoms with van der Waals surface area (Å²) in [6, 6.07) is 5.56. The zero-order valence-electron chi connectivity index (χ0n) is 11.8. The Kier molecular flexibility index (Phi) is 4.45. The largest absolute Gasteiger partial charge is 0.497 e. The summed E-state index contributed by atoms with van der Waals surface area (Å²) in [6.07, 6.45) is 6.13. The fourth-order valence-corrected chi connectivity index (χ4v) is 2.27. The normalized spacial score (nSPS) is 16.5. The molecule has 0 fully saturated rings. The van der Waals surface area contributed by atoms with Crippen LogP contribution in [0.1, 0.15) is 18.9 Å². The van der Waals surface area contributed by atoms with Gasteiger partial charge in [0.05, 0.1) is 25.4 Å². The summed E-state index contributed by atoms with van der Waals surface area (Å²) in [7, 11) is 1.62. The lowest BCUT2D eigenvalue weighted by atomic mass is 10.0. The third-order valence-corrected chi connectivity index (χ3v) is 3.20. The average Bonchev–Trinajstić information content (AvgIpc) is 2.47. The Morgan fingerprint density at radius 1 is 1.50 bits per heavy atom. The topological polar surface area (TPSA) is 38.8 Å². The first-order chi connectivity index (χ1) is 9.71. The number of carbonyl (C=O) groups excluding carboxylic acids is 1. The van der Waals surface area contributed by atoms with Gasteiger partial charge in [-0.2, -0.15) is 0 Å². The molecule has 1 unspecified atom stereocenters. The average molecular weight is 273 g/mol. The number of carbonyl (C=O) groups is 1. The fraction of sp³-hybridized carbons (Fsp3) is 0.312. The predicted octanol–water partition coefficient (Wildman–Crippen LogP) is 3.63. The van der Waals surface area contributed by atoms with Gasteiger partial charge in [0.15, 0.2) is 0 Å². The van der Waals surface area contributed by atoms with E-state index in [9.17, 15) is 4.79 Å². The Morgan fingerprint density at radius 3 is 2.95 bits per heavy atom. The van der Waals surface area contributed by atoms with Crippen LogP contribution in [0.2, 0.25) is 0 Å². The summed E-state index contributed by atoms with van der Waals surface area (Å²) in [6.45, 7) is 5.90. The lowest BCUT2D eigenvalue weighted by molar-refractivity contribution is 0.158. The zero-order chi connectivity index (χ0) is 14.5. The van der Waals surface area contributed by atoms with Crippen LogP contribution >= 0.6 is 0 Å². The van der Waals surface area contributed by atoms with E-state index in [1.54, 1.807) is 25.0 Å². The molecule has 4 heteroatoms. The minimum Gasteiger partial charge on any atom is -0.497 e. The minimum atomic E-state index is -0.338. The molecule has 2 rings (SSSR count). The van der Waals surface area contributed by atoms with Crippen LogP contribution < -0.4 is 9.64 Å². The zero-order valence-corrected chi connectivity index (χ0v) is 11.8. The van der Waals surface area contributed by atoms with Gasteiger partial charge in [-0.15, -0.1) is 6.58 Å². The number of methoxy groups -OCH3 is 1. The van der Waals surface area contributed by atoms with Gasteiger partial charge in [-0.05, 0) is 31.5 Å². The monoisotopic (exact) mass is 273 g/mol. The van der Waals surface area contributed by atoms with Crippen LogP contribution in [0.4, 0.5) is 10.5 Å². The number of hydrogen-bond donors (Lipinski definition) is 0. The van der Waals surface area contributed by atoms with Crippen LogP contribution in [0.25, 0.3) is 6.08 Å². The van der Waals surface area contributed by atoms with Crippen molar-refractivity contribution in [1.29, 1.82) is 0 Å². The van der Waals surface area contributed by atoms with Crippen molar-refractivity contribution >= 4 is 17.9 Å². The number of rotatable bonds is 4. The molecule has 1 aromatic carbocycles. The van der Waals surface area contributed by atoms with E-state index < -0.39 is 0 Å². The molecule has 0 saturated heterocycles. The maximum absolute atomic E-state index is 12.2. The van der Waals surface area contributed by atoms with Gasteiger partial charge in [-0.1, -0.05) is 18.2 Å². The molecule has 1 aliphatic heterocycles. The lowest BCUT2D eigenvalue weighted by Crippen LogP contribution is -2.41. The van der Waals surface area contributed by atoms with Crippen molar-refractivity contribution in [2.45, 2.75) is 19.4 Å². The van der Waals surface area contributed by atoms with Gasteiger partial charge >= 0.3 is 6.09 Å². The second-order valence-electron chi connectivity index (χ2n) is 4.44. The van der Waals surface area contributed by atoms with Crippen LogP contribution in [-0.4, -0.2) is 25.9 Å². The maximum Gasteiger partial charge on any atom is 0.414 e. The molecule has 1 aliphatic rings. The quantitative estimate of drug-likeness (QED) is 0.786. The second kappa shape index (κ2) is 6.28. The van der Waals surface area contributed by atoms with Crippen LogP contribution in [0, 0.1) is 0 Å². The Bertz CT molecular complexity index is 537. The molecule has 0 aromatic heterocycles. The molecule has 20 heavy (non-hydrogen) atoms. The van der Waals surface area contributed by atoms with E-state index in [-0.39, 0.29) is 12.1 Å². The molecule has 0 saturated carbocycles. The molecule has 106 valence electrons. The van der Waals surface area contributed by atoms with E-state index in [0.29, 0.717) is 13.0 Å². The molecule has 0 aliphatic carbocycles. The molecular formula is C16H19NO3. The molecule has 0 N–H and O–H groups in total. The highest BCUT2D eigenvalue weighted by molar-refractivity contribution is 5.93. The van der Waals surface area contributed by atoms with Gasteiger partial charge in [0.1, 0.15) is 5.75 Å². The smallest absolute Gasteiger partial charge is 0.414 e. The Morgan fingerprint density at radius 2 is 2.30 bits per heavy atom. The molecule has 1 heterocycles. The van der Waals surface area contributed by atoms with Crippen LogP contribution in [0.15, 0.2) is 36.9 Å². The first-order valence-electron chi connectivity index (χ1n) is 6.64. The van der Waals surface area contributed by atoms with Crippen LogP contribution in [-0.2, 0) is 4.74 Å². The standard InChI is InChI=1S/C16H19NO3/c1-4-6-13-8-7-12-11-14(19-3)9-10-15(12)17(13)16(18)20-5-2/h4,7-11,13H,1,5-6H2,2-3H3. The summed E-state index contributed by atoms with van der Waals surface area (Å²) >= 11 is 0. The van der Waals surface area contributed by atoms with E-state index in [1.807, 2.05) is 30.4 Å². The Labute approximate surface area is 119 Å². The van der Waals surface area contributed by atoms with Gasteiger partial charge in [0.2, 0.25) is 0 Å². The van der Waals surface area contributed by atoms with Crippen LogP contribution in [0.5, 0.6) is 5.75 Å². The van der Waals surface area contributed by atoms with Crippen molar-refractivity contribution in [3.63, 3.8) is 0 Å². The summed E-state index contributed by atoms with van der Waals surface area (Å²) in [5.41, 5.74) is 1.77. The summed E-state index contributed by atoms with van der Waals surface area (Å²) in [4.78, 5) is 13.9. The Hall–Kier alpha value is -2.23. The summed E-state index contributed by atoms with van der Waals surface area (Å²) < 4.78 is 10.4. The van der Waals surface area contributed by atoms with Gasteiger partial charge < -0.3 is 9.47 Å². The van der Waals surface area contributed by atoms with Crippen molar-refractivity contribution in [2.24, 2.45) is 0 Å². The van der Waals surface area contributed by atoms with Crippen molar-refractivity contribution < 1.29 is 14.3 Å². The van der Waals surface area contributed by atoms with Crippen molar-refractivity contribution in [2.75, 3.05) is 18.6 Å². The molecule has 0 radical (unpaired) electrons. The number of ether oxygens (including phenoxy) is 2. The van der Waals surface area contributed by atoms with Crippen molar-refractivity contribution in [1.82, 2.24) is 0 Å². The molecule has 0 bridgehead atoms. The highest BCUT2D eigenvalue weighted by atomic mass is 16.6. The summed E-state index contributed by atoms with van der Waals surface area (Å²) in [5, 5.41) is 0. The van der Waals surface area contributed by atoms with E-state index in [1.165, 1.54) is 0 Å². The third kappa shape index (κ3) is 2.69. The molecule has 4 nitrogen and oxygen atoms in total. The second-order valence-corrected chi connectivity index (χ2v) is 4.44. The molecule has 1 atom stereocenters. The highest BCUT2D eigenvalue weighted by Crippen LogP contribution is 2.33. The number of amides is 1. The van der Waals surface area contributed by atoms with Crippen molar-refractivity contribution in [3.05, 3.63) is 42.5 Å². The predicted molar refractivity (Wildman–Crippen MR) is 80.1 cm³/mol. The van der Waals surface area contributed by atoms with E-state index in [4.69, 9.17) is 9.47 Å². The van der Waals surface area contributed by atoms with Crippen molar-refractivity contribution in [3.8, 4) is 5.75 Å². The first kappa shape index (κ1) is 14.2. The first-order valence-corrected chi connectivity index (χ1v) is 6.64. The maximum atomic E-state index is 12.2. The van der Waals surface area contributed by atoms with Gasteiger partial charge in [0, 0.05) is 5.56 Å². The summed E-state index contributed by atoms with van der Waals surface area (Å²) in [5.74, 6) is 0.763. The van der Waals surface area contributed by atoms with E-state index in [0.717, 1.165) is 17.0 Å². The third-order valence-electron chi connectivity index (χ3n) is 3.20.